The van der Waals surface area contributed by atoms with Crippen LogP contribution in [0.2, 0.25) is 0 Å². The van der Waals surface area contributed by atoms with Crippen LogP contribution in [0, 0.1) is 12.7 Å². The summed E-state index contributed by atoms with van der Waals surface area (Å²) < 4.78 is 19.0. The maximum Gasteiger partial charge on any atom is 0.254 e. The van der Waals surface area contributed by atoms with Gasteiger partial charge in [0.25, 0.3) is 5.91 Å². The molecule has 0 aliphatic carbocycles. The zero-order valence-electron chi connectivity index (χ0n) is 12.0. The lowest BCUT2D eigenvalue weighted by Crippen LogP contribution is -2.55. The van der Waals surface area contributed by atoms with E-state index in [1.807, 2.05) is 0 Å². The van der Waals surface area contributed by atoms with Gasteiger partial charge in [0.2, 0.25) is 5.91 Å². The van der Waals surface area contributed by atoms with Gasteiger partial charge in [-0.25, -0.2) is 4.39 Å². The number of carbonyl (C=O) groups excluding carboxylic acids is 2. The van der Waals surface area contributed by atoms with Crippen LogP contribution in [-0.2, 0) is 9.53 Å². The molecule has 0 radical (unpaired) electrons. The van der Waals surface area contributed by atoms with E-state index in [0.717, 1.165) is 6.07 Å². The zero-order chi connectivity index (χ0) is 15.6. The van der Waals surface area contributed by atoms with Gasteiger partial charge in [-0.1, -0.05) is 0 Å². The van der Waals surface area contributed by atoms with Crippen molar-refractivity contribution in [2.24, 2.45) is 0 Å². The first-order valence-electron chi connectivity index (χ1n) is 6.61. The number of anilines is 1. The maximum atomic E-state index is 13.7. The van der Waals surface area contributed by atoms with E-state index in [2.05, 4.69) is 5.32 Å². The number of carbonyl (C=O) groups is 2. The van der Waals surface area contributed by atoms with E-state index in [0.29, 0.717) is 12.2 Å². The Morgan fingerprint density at radius 1 is 1.48 bits per heavy atom. The van der Waals surface area contributed by atoms with E-state index in [9.17, 15) is 14.0 Å². The van der Waals surface area contributed by atoms with Gasteiger partial charge >= 0.3 is 0 Å². The van der Waals surface area contributed by atoms with Crippen molar-refractivity contribution in [2.45, 2.75) is 13.0 Å². The van der Waals surface area contributed by atoms with Gasteiger partial charge in [-0.15, -0.1) is 0 Å². The Balaban J connectivity index is 2.31. The molecule has 1 atom stereocenters. The van der Waals surface area contributed by atoms with E-state index < -0.39 is 17.8 Å². The Morgan fingerprint density at radius 3 is 2.81 bits per heavy atom. The molecule has 1 aliphatic rings. The van der Waals surface area contributed by atoms with Gasteiger partial charge < -0.3 is 20.7 Å². The van der Waals surface area contributed by atoms with Gasteiger partial charge in [0.1, 0.15) is 11.9 Å². The Kier molecular flexibility index (Phi) is 4.42. The highest BCUT2D eigenvalue weighted by molar-refractivity contribution is 5.98. The molecule has 1 aliphatic heterocycles. The Hall–Kier alpha value is -2.15. The first kappa shape index (κ1) is 15.2. The second-order valence-corrected chi connectivity index (χ2v) is 4.88. The standard InChI is InChI=1S/C14H18FN3O3/c1-8-10(15)5-9(6-11(8)16)14(20)18-3-4-21-7-12(18)13(19)17-2/h5-6,12H,3-4,7,16H2,1-2H3,(H,17,19). The molecule has 0 aromatic heterocycles. The molecule has 0 bridgehead atoms. The number of halogens is 1. The van der Waals surface area contributed by atoms with E-state index in [1.165, 1.54) is 18.0 Å². The molecule has 0 spiro atoms. The Morgan fingerprint density at radius 2 is 2.19 bits per heavy atom. The van der Waals surface area contributed by atoms with Crippen molar-refractivity contribution >= 4 is 17.5 Å². The van der Waals surface area contributed by atoms with E-state index in [-0.39, 0.29) is 30.3 Å². The molecule has 0 saturated carbocycles. The molecule has 1 aromatic carbocycles. The minimum atomic E-state index is -0.721. The minimum absolute atomic E-state index is 0.120. The van der Waals surface area contributed by atoms with Crippen molar-refractivity contribution in [3.8, 4) is 0 Å². The molecule has 3 N–H and O–H groups in total. The summed E-state index contributed by atoms with van der Waals surface area (Å²) in [5.74, 6) is -1.29. The summed E-state index contributed by atoms with van der Waals surface area (Å²) in [5, 5.41) is 2.49. The molecule has 21 heavy (non-hydrogen) atoms. The zero-order valence-corrected chi connectivity index (χ0v) is 12.0. The summed E-state index contributed by atoms with van der Waals surface area (Å²) in [6.07, 6.45) is 0. The largest absolute Gasteiger partial charge is 0.398 e. The van der Waals surface area contributed by atoms with Crippen LogP contribution in [0.3, 0.4) is 0 Å². The minimum Gasteiger partial charge on any atom is -0.398 e. The highest BCUT2D eigenvalue weighted by Gasteiger charge is 2.33. The average Bonchev–Trinajstić information content (AvgIpc) is 2.50. The third-order valence-electron chi connectivity index (χ3n) is 3.57. The molecule has 7 heteroatoms. The predicted molar refractivity (Wildman–Crippen MR) is 75.3 cm³/mol. The van der Waals surface area contributed by atoms with Gasteiger partial charge in [-0.3, -0.25) is 9.59 Å². The smallest absolute Gasteiger partial charge is 0.254 e. The third kappa shape index (κ3) is 2.97. The molecule has 2 rings (SSSR count). The molecule has 1 unspecified atom stereocenters. The number of ether oxygens (including phenoxy) is 1. The third-order valence-corrected chi connectivity index (χ3v) is 3.57. The molecule has 1 saturated heterocycles. The fourth-order valence-electron chi connectivity index (χ4n) is 2.22. The van der Waals surface area contributed by atoms with E-state index in [1.54, 1.807) is 6.92 Å². The summed E-state index contributed by atoms with van der Waals surface area (Å²) >= 11 is 0. The quantitative estimate of drug-likeness (QED) is 0.769. The van der Waals surface area contributed by atoms with Crippen molar-refractivity contribution < 1.29 is 18.7 Å². The summed E-state index contributed by atoms with van der Waals surface area (Å²) in [5.41, 5.74) is 6.34. The first-order valence-corrected chi connectivity index (χ1v) is 6.61. The van der Waals surface area contributed by atoms with Crippen LogP contribution >= 0.6 is 0 Å². The fourth-order valence-corrected chi connectivity index (χ4v) is 2.22. The molecule has 6 nitrogen and oxygen atoms in total. The van der Waals surface area contributed by atoms with Gasteiger partial charge in [-0.2, -0.15) is 0 Å². The monoisotopic (exact) mass is 295 g/mol. The SMILES string of the molecule is CNC(=O)C1COCCN1C(=O)c1cc(N)c(C)c(F)c1. The maximum absolute atomic E-state index is 13.7. The number of nitrogen functional groups attached to an aromatic ring is 1. The fraction of sp³-hybridized carbons (Fsp3) is 0.429. The first-order chi connectivity index (χ1) is 9.95. The van der Waals surface area contributed by atoms with Gasteiger partial charge in [0.05, 0.1) is 13.2 Å². The molecule has 1 heterocycles. The number of amides is 2. The summed E-state index contributed by atoms with van der Waals surface area (Å²) in [4.78, 5) is 25.7. The van der Waals surface area contributed by atoms with Crippen LogP contribution in [0.4, 0.5) is 10.1 Å². The Labute approximate surface area is 122 Å². The number of likely N-dealkylation sites (N-methyl/N-ethyl adjacent to an activating group) is 1. The predicted octanol–water partition coefficient (Wildman–Crippen LogP) is 0.303. The second kappa shape index (κ2) is 6.09. The summed E-state index contributed by atoms with van der Waals surface area (Å²) in [7, 11) is 1.49. The van der Waals surface area contributed by atoms with Crippen LogP contribution in [0.15, 0.2) is 12.1 Å². The van der Waals surface area contributed by atoms with Crippen LogP contribution < -0.4 is 11.1 Å². The second-order valence-electron chi connectivity index (χ2n) is 4.88. The van der Waals surface area contributed by atoms with Crippen LogP contribution in [0.5, 0.6) is 0 Å². The number of nitrogens with two attached hydrogens (primary N) is 1. The van der Waals surface area contributed by atoms with E-state index in [4.69, 9.17) is 10.5 Å². The van der Waals surface area contributed by atoms with Gasteiger partial charge in [-0.05, 0) is 19.1 Å². The van der Waals surface area contributed by atoms with Crippen molar-refractivity contribution in [1.82, 2.24) is 10.2 Å². The lowest BCUT2D eigenvalue weighted by atomic mass is 10.1. The number of hydrogen-bond acceptors (Lipinski definition) is 4. The van der Waals surface area contributed by atoms with Crippen LogP contribution in [0.25, 0.3) is 0 Å². The molecule has 1 aromatic rings. The molecular formula is C14H18FN3O3. The van der Waals surface area contributed by atoms with Crippen LogP contribution in [0.1, 0.15) is 15.9 Å². The highest BCUT2D eigenvalue weighted by Crippen LogP contribution is 2.20. The number of rotatable bonds is 2. The summed E-state index contributed by atoms with van der Waals surface area (Å²) in [6, 6.07) is 1.85. The number of morpholine rings is 1. The lowest BCUT2D eigenvalue weighted by Gasteiger charge is -2.34. The van der Waals surface area contributed by atoms with Crippen molar-refractivity contribution in [3.63, 3.8) is 0 Å². The number of benzene rings is 1. The Bertz CT molecular complexity index is 554. The normalized spacial score (nSPS) is 18.4. The molecule has 1 fully saturated rings. The average molecular weight is 295 g/mol. The summed E-state index contributed by atoms with van der Waals surface area (Å²) in [6.45, 7) is 2.27. The highest BCUT2D eigenvalue weighted by atomic mass is 19.1. The molecule has 114 valence electrons. The van der Waals surface area contributed by atoms with Gasteiger partial charge in [0, 0.05) is 30.4 Å². The van der Waals surface area contributed by atoms with Crippen molar-refractivity contribution in [1.29, 1.82) is 0 Å². The van der Waals surface area contributed by atoms with Crippen molar-refractivity contribution in [3.05, 3.63) is 29.1 Å². The topological polar surface area (TPSA) is 84.7 Å². The molecule has 2 amide bonds. The lowest BCUT2D eigenvalue weighted by molar-refractivity contribution is -0.130. The van der Waals surface area contributed by atoms with Gasteiger partial charge in [0.15, 0.2) is 0 Å². The molecular weight excluding hydrogens is 277 g/mol. The number of nitrogens with one attached hydrogen (secondary N) is 1. The van der Waals surface area contributed by atoms with E-state index >= 15 is 0 Å². The number of nitrogens with zero attached hydrogens (tertiary/aromatic N) is 1. The van der Waals surface area contributed by atoms with Crippen LogP contribution in [-0.4, -0.2) is 49.6 Å². The number of hydrogen-bond donors (Lipinski definition) is 2. The van der Waals surface area contributed by atoms with Crippen molar-refractivity contribution in [2.75, 3.05) is 32.5 Å².